The number of rotatable bonds is 5. The van der Waals surface area contributed by atoms with Crippen molar-refractivity contribution in [1.82, 2.24) is 0 Å². The molecule has 0 aliphatic rings. The minimum atomic E-state index is -1.15. The summed E-state index contributed by atoms with van der Waals surface area (Å²) < 4.78 is 5.67. The average Bonchev–Trinajstić information content (AvgIpc) is 3.17. The number of carbonyl (C=O) groups is 2. The standard InChI is InChI=1S/C23H17ClN2O4/c1-13-3-5-17(9-14(13)2)26-22(27)16(12-25)10-18-6-8-21(30-18)15-4-7-20(24)19(11-15)23(28)29/h3-11H,1-2H3,(H,26,27)(H,28,29)/b16-10+. The molecule has 7 heteroatoms. The molecule has 0 spiro atoms. The number of nitriles is 1. The predicted molar refractivity (Wildman–Crippen MR) is 114 cm³/mol. The summed E-state index contributed by atoms with van der Waals surface area (Å²) in [5.41, 5.74) is 3.04. The maximum absolute atomic E-state index is 12.5. The van der Waals surface area contributed by atoms with Gasteiger partial charge < -0.3 is 14.8 Å². The average molecular weight is 421 g/mol. The van der Waals surface area contributed by atoms with Gasteiger partial charge in [-0.2, -0.15) is 5.26 Å². The van der Waals surface area contributed by atoms with Gasteiger partial charge >= 0.3 is 5.97 Å². The van der Waals surface area contributed by atoms with Crippen molar-refractivity contribution in [3.63, 3.8) is 0 Å². The highest BCUT2D eigenvalue weighted by Crippen LogP contribution is 2.28. The number of hydrogen-bond acceptors (Lipinski definition) is 4. The van der Waals surface area contributed by atoms with Gasteiger partial charge in [0.25, 0.3) is 5.91 Å². The fraction of sp³-hybridized carbons (Fsp3) is 0.0870. The molecule has 0 fully saturated rings. The third-order valence-electron chi connectivity index (χ3n) is 4.52. The lowest BCUT2D eigenvalue weighted by Crippen LogP contribution is -2.13. The number of carbonyl (C=O) groups excluding carboxylic acids is 1. The number of amides is 1. The number of nitrogens with zero attached hydrogens (tertiary/aromatic N) is 1. The van der Waals surface area contributed by atoms with E-state index < -0.39 is 11.9 Å². The molecule has 0 saturated carbocycles. The van der Waals surface area contributed by atoms with Crippen molar-refractivity contribution in [1.29, 1.82) is 5.26 Å². The summed E-state index contributed by atoms with van der Waals surface area (Å²) in [5.74, 6) is -1.04. The Morgan fingerprint density at radius 2 is 1.87 bits per heavy atom. The molecule has 0 radical (unpaired) electrons. The summed E-state index contributed by atoms with van der Waals surface area (Å²) in [5, 5.41) is 21.4. The van der Waals surface area contributed by atoms with E-state index in [1.165, 1.54) is 18.2 Å². The third-order valence-corrected chi connectivity index (χ3v) is 4.85. The fourth-order valence-corrected chi connectivity index (χ4v) is 2.93. The summed E-state index contributed by atoms with van der Waals surface area (Å²) in [7, 11) is 0. The number of anilines is 1. The molecule has 150 valence electrons. The Labute approximate surface area is 178 Å². The molecule has 0 aliphatic carbocycles. The van der Waals surface area contributed by atoms with Gasteiger partial charge in [0.2, 0.25) is 0 Å². The van der Waals surface area contributed by atoms with Crippen molar-refractivity contribution >= 4 is 35.2 Å². The van der Waals surface area contributed by atoms with Crippen molar-refractivity contribution in [2.24, 2.45) is 0 Å². The maximum Gasteiger partial charge on any atom is 0.337 e. The van der Waals surface area contributed by atoms with Crippen LogP contribution >= 0.6 is 11.6 Å². The number of halogens is 1. The molecular formula is C23H17ClN2O4. The van der Waals surface area contributed by atoms with E-state index in [0.29, 0.717) is 17.0 Å². The first kappa shape index (κ1) is 20.9. The minimum Gasteiger partial charge on any atom is -0.478 e. The quantitative estimate of drug-likeness (QED) is 0.421. The second-order valence-electron chi connectivity index (χ2n) is 6.62. The number of carboxylic acids is 1. The lowest BCUT2D eigenvalue weighted by atomic mass is 10.1. The van der Waals surface area contributed by atoms with Crippen molar-refractivity contribution in [2.75, 3.05) is 5.32 Å². The van der Waals surface area contributed by atoms with Crippen LogP contribution in [0.4, 0.5) is 5.69 Å². The Morgan fingerprint density at radius 1 is 1.10 bits per heavy atom. The van der Waals surface area contributed by atoms with Gasteiger partial charge in [0.05, 0.1) is 10.6 Å². The van der Waals surface area contributed by atoms with E-state index in [1.807, 2.05) is 32.0 Å². The van der Waals surface area contributed by atoms with E-state index in [4.69, 9.17) is 16.0 Å². The molecule has 6 nitrogen and oxygen atoms in total. The minimum absolute atomic E-state index is 0.0480. The zero-order chi connectivity index (χ0) is 21.8. The molecule has 0 saturated heterocycles. The molecule has 2 N–H and O–H groups in total. The van der Waals surface area contributed by atoms with Gasteiger partial charge in [-0.3, -0.25) is 4.79 Å². The lowest BCUT2D eigenvalue weighted by molar-refractivity contribution is -0.112. The number of carboxylic acid groups (broad SMARTS) is 1. The Morgan fingerprint density at radius 3 is 2.53 bits per heavy atom. The molecule has 2 aromatic carbocycles. The van der Waals surface area contributed by atoms with Gasteiger partial charge in [0.15, 0.2) is 0 Å². The van der Waals surface area contributed by atoms with Crippen LogP contribution in [-0.2, 0) is 4.79 Å². The Kier molecular flexibility index (Phi) is 6.05. The van der Waals surface area contributed by atoms with Crippen LogP contribution in [-0.4, -0.2) is 17.0 Å². The van der Waals surface area contributed by atoms with Gasteiger partial charge in [-0.1, -0.05) is 17.7 Å². The highest BCUT2D eigenvalue weighted by molar-refractivity contribution is 6.33. The number of aryl methyl sites for hydroxylation is 2. The highest BCUT2D eigenvalue weighted by atomic mass is 35.5. The molecule has 0 unspecified atom stereocenters. The summed E-state index contributed by atoms with van der Waals surface area (Å²) in [6.45, 7) is 3.90. The molecule has 0 aliphatic heterocycles. The lowest BCUT2D eigenvalue weighted by Gasteiger charge is -2.06. The maximum atomic E-state index is 12.5. The van der Waals surface area contributed by atoms with Gasteiger partial charge in [0.1, 0.15) is 23.2 Å². The second-order valence-corrected chi connectivity index (χ2v) is 7.03. The van der Waals surface area contributed by atoms with Crippen LogP contribution in [0.15, 0.2) is 58.5 Å². The van der Waals surface area contributed by atoms with Gasteiger partial charge in [0, 0.05) is 17.3 Å². The normalized spacial score (nSPS) is 11.1. The molecule has 1 heterocycles. The fourth-order valence-electron chi connectivity index (χ4n) is 2.74. The van der Waals surface area contributed by atoms with E-state index in [-0.39, 0.29) is 21.9 Å². The van der Waals surface area contributed by atoms with Crippen LogP contribution in [0.2, 0.25) is 5.02 Å². The smallest absolute Gasteiger partial charge is 0.337 e. The molecule has 0 atom stereocenters. The zero-order valence-corrected chi connectivity index (χ0v) is 16.9. The van der Waals surface area contributed by atoms with Crippen molar-refractivity contribution in [3.8, 4) is 17.4 Å². The van der Waals surface area contributed by atoms with Crippen LogP contribution in [0.1, 0.15) is 27.2 Å². The molecule has 30 heavy (non-hydrogen) atoms. The van der Waals surface area contributed by atoms with Crippen molar-refractivity contribution in [3.05, 3.63) is 81.6 Å². The largest absolute Gasteiger partial charge is 0.478 e. The van der Waals surface area contributed by atoms with Crippen LogP contribution < -0.4 is 5.32 Å². The SMILES string of the molecule is Cc1ccc(NC(=O)/C(C#N)=C/c2ccc(-c3ccc(Cl)c(C(=O)O)c3)o2)cc1C. The second kappa shape index (κ2) is 8.68. The van der Waals surface area contributed by atoms with Crippen LogP contribution in [0.25, 0.3) is 17.4 Å². The topological polar surface area (TPSA) is 103 Å². The van der Waals surface area contributed by atoms with Crippen molar-refractivity contribution in [2.45, 2.75) is 13.8 Å². The highest BCUT2D eigenvalue weighted by Gasteiger charge is 2.14. The van der Waals surface area contributed by atoms with Crippen LogP contribution in [0.3, 0.4) is 0 Å². The molecule has 1 aromatic heterocycles. The van der Waals surface area contributed by atoms with Crippen LogP contribution in [0.5, 0.6) is 0 Å². The van der Waals surface area contributed by atoms with E-state index >= 15 is 0 Å². The van der Waals surface area contributed by atoms with E-state index in [1.54, 1.807) is 24.3 Å². The first-order chi connectivity index (χ1) is 14.3. The first-order valence-electron chi connectivity index (χ1n) is 8.92. The number of hydrogen-bond donors (Lipinski definition) is 2. The number of aromatic carboxylic acids is 1. The van der Waals surface area contributed by atoms with Gasteiger partial charge in [-0.25, -0.2) is 4.79 Å². The summed E-state index contributed by atoms with van der Waals surface area (Å²) in [6.07, 6.45) is 1.33. The van der Waals surface area contributed by atoms with Gasteiger partial charge in [-0.05, 0) is 67.4 Å². The predicted octanol–water partition coefficient (Wildman–Crippen LogP) is 5.46. The monoisotopic (exact) mass is 420 g/mol. The Bertz CT molecular complexity index is 1220. The zero-order valence-electron chi connectivity index (χ0n) is 16.2. The number of nitrogens with one attached hydrogen (secondary N) is 1. The number of furan rings is 1. The third kappa shape index (κ3) is 4.59. The summed E-state index contributed by atoms with van der Waals surface area (Å²) >= 11 is 5.89. The number of benzene rings is 2. The van der Waals surface area contributed by atoms with Gasteiger partial charge in [-0.15, -0.1) is 0 Å². The first-order valence-corrected chi connectivity index (χ1v) is 9.29. The molecular weight excluding hydrogens is 404 g/mol. The van der Waals surface area contributed by atoms with Crippen LogP contribution in [0, 0.1) is 25.2 Å². The van der Waals surface area contributed by atoms with E-state index in [2.05, 4.69) is 5.32 Å². The molecule has 3 rings (SSSR count). The molecule has 1 amide bonds. The summed E-state index contributed by atoms with van der Waals surface area (Å²) in [6, 6.07) is 15.0. The Balaban J connectivity index is 1.84. The van der Waals surface area contributed by atoms with Crippen molar-refractivity contribution < 1.29 is 19.1 Å². The Hall–Kier alpha value is -3.82. The summed E-state index contributed by atoms with van der Waals surface area (Å²) in [4.78, 5) is 23.7. The molecule has 3 aromatic rings. The molecule has 0 bridgehead atoms. The van der Waals surface area contributed by atoms with E-state index in [0.717, 1.165) is 11.1 Å². The van der Waals surface area contributed by atoms with E-state index in [9.17, 15) is 20.0 Å².